The maximum atomic E-state index is 13.1. The SMILES string of the molecule is O=c1oc(-c2ccc(F)cc2)nn1CN1CCC[C@@H]1c1nc2ccccc2s1. The van der Waals surface area contributed by atoms with Crippen LogP contribution in [0.25, 0.3) is 21.7 Å². The quantitative estimate of drug-likeness (QED) is 0.521. The van der Waals surface area contributed by atoms with Gasteiger partial charge >= 0.3 is 5.76 Å². The molecule has 0 bridgehead atoms. The molecule has 4 aromatic rings. The molecule has 0 N–H and O–H groups in total. The second kappa shape index (κ2) is 6.96. The first kappa shape index (κ1) is 17.3. The van der Waals surface area contributed by atoms with E-state index in [9.17, 15) is 9.18 Å². The number of halogens is 1. The molecule has 0 saturated carbocycles. The molecule has 6 nitrogen and oxygen atoms in total. The van der Waals surface area contributed by atoms with Gasteiger partial charge in [-0.3, -0.25) is 4.90 Å². The lowest BCUT2D eigenvalue weighted by Crippen LogP contribution is -2.31. The van der Waals surface area contributed by atoms with Crippen molar-refractivity contribution in [1.82, 2.24) is 19.7 Å². The van der Waals surface area contributed by atoms with Gasteiger partial charge in [0.2, 0.25) is 5.89 Å². The highest BCUT2D eigenvalue weighted by Gasteiger charge is 2.29. The van der Waals surface area contributed by atoms with Gasteiger partial charge in [0.05, 0.1) is 16.3 Å². The van der Waals surface area contributed by atoms with E-state index >= 15 is 0 Å². The largest absolute Gasteiger partial charge is 0.438 e. The van der Waals surface area contributed by atoms with Crippen molar-refractivity contribution in [3.63, 3.8) is 0 Å². The van der Waals surface area contributed by atoms with Gasteiger partial charge in [-0.1, -0.05) is 12.1 Å². The smallest absolute Gasteiger partial charge is 0.388 e. The molecule has 1 saturated heterocycles. The predicted octanol–water partition coefficient (Wildman–Crippen LogP) is 4.05. The zero-order valence-corrected chi connectivity index (χ0v) is 15.7. The van der Waals surface area contributed by atoms with Crippen molar-refractivity contribution >= 4 is 21.6 Å². The Balaban J connectivity index is 1.40. The van der Waals surface area contributed by atoms with E-state index in [1.54, 1.807) is 23.5 Å². The molecule has 1 atom stereocenters. The summed E-state index contributed by atoms with van der Waals surface area (Å²) in [4.78, 5) is 19.3. The Hall–Kier alpha value is -2.84. The Bertz CT molecular complexity index is 1150. The van der Waals surface area contributed by atoms with Crippen molar-refractivity contribution in [3.05, 3.63) is 69.9 Å². The average molecular weight is 396 g/mol. The van der Waals surface area contributed by atoms with Crippen LogP contribution in [0, 0.1) is 5.82 Å². The van der Waals surface area contributed by atoms with Crippen molar-refractivity contribution in [1.29, 1.82) is 0 Å². The van der Waals surface area contributed by atoms with Crippen LogP contribution in [0.2, 0.25) is 0 Å². The number of likely N-dealkylation sites (tertiary alicyclic amines) is 1. The van der Waals surface area contributed by atoms with Gasteiger partial charge in [0, 0.05) is 12.1 Å². The van der Waals surface area contributed by atoms with Crippen LogP contribution < -0.4 is 5.76 Å². The van der Waals surface area contributed by atoms with E-state index in [0.29, 0.717) is 12.2 Å². The number of thiazole rings is 1. The summed E-state index contributed by atoms with van der Waals surface area (Å²) in [5, 5.41) is 5.36. The lowest BCUT2D eigenvalue weighted by atomic mass is 10.2. The summed E-state index contributed by atoms with van der Waals surface area (Å²) in [6.45, 7) is 1.20. The van der Waals surface area contributed by atoms with Crippen LogP contribution in [0.4, 0.5) is 4.39 Å². The minimum Gasteiger partial charge on any atom is -0.388 e. The summed E-state index contributed by atoms with van der Waals surface area (Å²) in [5.41, 5.74) is 1.58. The molecule has 0 radical (unpaired) electrons. The molecule has 28 heavy (non-hydrogen) atoms. The normalized spacial score (nSPS) is 17.5. The molecule has 0 spiro atoms. The van der Waals surface area contributed by atoms with Crippen LogP contribution in [-0.4, -0.2) is 26.2 Å². The number of hydrogen-bond acceptors (Lipinski definition) is 6. The Morgan fingerprint density at radius 2 is 2.00 bits per heavy atom. The van der Waals surface area contributed by atoms with E-state index in [0.717, 1.165) is 29.9 Å². The molecule has 0 amide bonds. The Morgan fingerprint density at radius 3 is 2.82 bits per heavy atom. The van der Waals surface area contributed by atoms with Gasteiger partial charge in [-0.05, 0) is 49.2 Å². The highest BCUT2D eigenvalue weighted by Crippen LogP contribution is 2.36. The molecule has 3 heterocycles. The van der Waals surface area contributed by atoms with E-state index < -0.39 is 5.76 Å². The van der Waals surface area contributed by atoms with Crippen molar-refractivity contribution in [2.45, 2.75) is 25.6 Å². The Kier molecular flexibility index (Phi) is 4.29. The number of aromatic nitrogens is 3. The topological polar surface area (TPSA) is 64.2 Å². The van der Waals surface area contributed by atoms with Crippen LogP contribution in [0.15, 0.2) is 57.7 Å². The van der Waals surface area contributed by atoms with Crippen LogP contribution in [0.5, 0.6) is 0 Å². The second-order valence-electron chi connectivity index (χ2n) is 6.81. The molecule has 2 aromatic carbocycles. The monoisotopic (exact) mass is 396 g/mol. The Labute approximate surface area is 163 Å². The summed E-state index contributed by atoms with van der Waals surface area (Å²) in [5.74, 6) is -0.670. The van der Waals surface area contributed by atoms with Crippen molar-refractivity contribution in [2.24, 2.45) is 0 Å². The molecular formula is C20H17FN4O2S. The highest BCUT2D eigenvalue weighted by molar-refractivity contribution is 7.18. The van der Waals surface area contributed by atoms with Gasteiger partial charge in [-0.25, -0.2) is 14.2 Å². The van der Waals surface area contributed by atoms with Crippen LogP contribution in [-0.2, 0) is 6.67 Å². The summed E-state index contributed by atoms with van der Waals surface area (Å²) in [6.07, 6.45) is 2.04. The van der Waals surface area contributed by atoms with Gasteiger partial charge in [-0.2, -0.15) is 4.68 Å². The molecule has 0 aliphatic carbocycles. The Morgan fingerprint density at radius 1 is 1.18 bits per heavy atom. The number of benzene rings is 2. The maximum Gasteiger partial charge on any atom is 0.438 e. The van der Waals surface area contributed by atoms with Gasteiger partial charge < -0.3 is 4.42 Å². The third-order valence-corrected chi connectivity index (χ3v) is 6.11. The van der Waals surface area contributed by atoms with Crippen molar-refractivity contribution in [3.8, 4) is 11.5 Å². The van der Waals surface area contributed by atoms with Gasteiger partial charge in [0.1, 0.15) is 17.5 Å². The fraction of sp³-hybridized carbons (Fsp3) is 0.250. The number of fused-ring (bicyclic) bond motifs is 1. The summed E-state index contributed by atoms with van der Waals surface area (Å²) >= 11 is 1.70. The first-order valence-electron chi connectivity index (χ1n) is 9.11. The fourth-order valence-electron chi connectivity index (χ4n) is 3.58. The van der Waals surface area contributed by atoms with E-state index in [1.165, 1.54) is 21.5 Å². The molecule has 1 aliphatic rings. The molecule has 5 rings (SSSR count). The number of rotatable bonds is 4. The fourth-order valence-corrected chi connectivity index (χ4v) is 4.72. The maximum absolute atomic E-state index is 13.1. The minimum absolute atomic E-state index is 0.162. The van der Waals surface area contributed by atoms with Crippen molar-refractivity contribution < 1.29 is 8.81 Å². The highest BCUT2D eigenvalue weighted by atomic mass is 32.1. The lowest BCUT2D eigenvalue weighted by molar-refractivity contribution is 0.185. The summed E-state index contributed by atoms with van der Waals surface area (Å²) < 4.78 is 20.9. The summed E-state index contributed by atoms with van der Waals surface area (Å²) in [7, 11) is 0. The van der Waals surface area contributed by atoms with Crippen LogP contribution in [0.3, 0.4) is 0 Å². The number of nitrogens with zero attached hydrogens (tertiary/aromatic N) is 4. The standard InChI is InChI=1S/C20H17FN4O2S/c21-14-9-7-13(8-10-14)18-23-25(20(26)27-18)12-24-11-3-5-16(24)19-22-15-4-1-2-6-17(15)28-19/h1-2,4,6-10,16H,3,5,11-12H2/t16-/m1/s1. The summed E-state index contributed by atoms with van der Waals surface area (Å²) in [6, 6.07) is 14.0. The zero-order chi connectivity index (χ0) is 19.1. The predicted molar refractivity (Wildman–Crippen MR) is 104 cm³/mol. The van der Waals surface area contributed by atoms with Gasteiger partial charge in [0.25, 0.3) is 0 Å². The molecular weight excluding hydrogens is 379 g/mol. The van der Waals surface area contributed by atoms with Gasteiger partial charge in [0.15, 0.2) is 0 Å². The average Bonchev–Trinajstić information content (AvgIpc) is 3.41. The van der Waals surface area contributed by atoms with E-state index in [2.05, 4.69) is 16.1 Å². The molecule has 142 valence electrons. The number of para-hydroxylation sites is 1. The first-order chi connectivity index (χ1) is 13.7. The lowest BCUT2D eigenvalue weighted by Gasteiger charge is -2.21. The molecule has 2 aromatic heterocycles. The first-order valence-corrected chi connectivity index (χ1v) is 9.92. The van der Waals surface area contributed by atoms with Crippen LogP contribution in [0.1, 0.15) is 23.9 Å². The second-order valence-corrected chi connectivity index (χ2v) is 7.87. The van der Waals surface area contributed by atoms with E-state index in [4.69, 9.17) is 9.40 Å². The third kappa shape index (κ3) is 3.14. The molecule has 0 unspecified atom stereocenters. The van der Waals surface area contributed by atoms with E-state index in [-0.39, 0.29) is 17.7 Å². The van der Waals surface area contributed by atoms with E-state index in [1.807, 2.05) is 18.2 Å². The van der Waals surface area contributed by atoms with Crippen LogP contribution >= 0.6 is 11.3 Å². The molecule has 8 heteroatoms. The molecule has 1 fully saturated rings. The third-order valence-electron chi connectivity index (χ3n) is 4.97. The number of hydrogen-bond donors (Lipinski definition) is 0. The molecule has 1 aliphatic heterocycles. The zero-order valence-electron chi connectivity index (χ0n) is 14.9. The minimum atomic E-state index is -0.519. The van der Waals surface area contributed by atoms with Gasteiger partial charge in [-0.15, -0.1) is 16.4 Å². The van der Waals surface area contributed by atoms with Crippen molar-refractivity contribution in [2.75, 3.05) is 6.54 Å².